The van der Waals surface area contributed by atoms with E-state index in [9.17, 15) is 4.79 Å². The molecule has 0 radical (unpaired) electrons. The van der Waals surface area contributed by atoms with Crippen LogP contribution < -0.4 is 5.73 Å². The molecule has 1 saturated carbocycles. The molecule has 16 heavy (non-hydrogen) atoms. The molecule has 3 unspecified atom stereocenters. The monoisotopic (exact) mass is 244 g/mol. The number of carbonyl (C=O) groups excluding carboxylic acids is 1. The first kappa shape index (κ1) is 13.8. The van der Waals surface area contributed by atoms with Gasteiger partial charge in [-0.1, -0.05) is 6.92 Å². The number of hydrogen-bond acceptors (Lipinski definition) is 3. The van der Waals surface area contributed by atoms with Crippen LogP contribution in [0.1, 0.15) is 39.5 Å². The number of hydrogen-bond donors (Lipinski definition) is 1. The van der Waals surface area contributed by atoms with Gasteiger partial charge in [-0.25, -0.2) is 0 Å². The Hall–Kier alpha value is -0.220. The molecular weight excluding hydrogens is 220 g/mol. The van der Waals surface area contributed by atoms with Crippen molar-refractivity contribution in [2.24, 2.45) is 5.73 Å². The van der Waals surface area contributed by atoms with Crippen LogP contribution in [0, 0.1) is 0 Å². The molecule has 0 aromatic heterocycles. The van der Waals surface area contributed by atoms with Crippen molar-refractivity contribution in [2.45, 2.75) is 56.9 Å². The SMILES string of the molecule is CCSC1CCC(N(C)C(=O)CC(C)N)C1. The minimum Gasteiger partial charge on any atom is -0.343 e. The number of rotatable bonds is 5. The summed E-state index contributed by atoms with van der Waals surface area (Å²) in [6, 6.07) is 0.410. The standard InChI is InChI=1S/C12H24N2OS/c1-4-16-11-6-5-10(8-11)14(3)12(15)7-9(2)13/h9-11H,4-8,13H2,1-3H3. The summed E-state index contributed by atoms with van der Waals surface area (Å²) < 4.78 is 0. The minimum absolute atomic E-state index is 0.0304. The fourth-order valence-corrected chi connectivity index (χ4v) is 3.41. The summed E-state index contributed by atoms with van der Waals surface area (Å²) in [5, 5.41) is 0.751. The van der Waals surface area contributed by atoms with Gasteiger partial charge in [0.15, 0.2) is 0 Å². The highest BCUT2D eigenvalue weighted by Crippen LogP contribution is 2.32. The summed E-state index contributed by atoms with van der Waals surface area (Å²) in [5.41, 5.74) is 5.65. The fraction of sp³-hybridized carbons (Fsp3) is 0.917. The van der Waals surface area contributed by atoms with Gasteiger partial charge in [-0.15, -0.1) is 0 Å². The first-order chi connectivity index (χ1) is 7.54. The third kappa shape index (κ3) is 3.98. The van der Waals surface area contributed by atoms with E-state index >= 15 is 0 Å². The Morgan fingerprint density at radius 3 is 2.81 bits per heavy atom. The molecule has 1 aliphatic carbocycles. The first-order valence-electron chi connectivity index (χ1n) is 6.17. The van der Waals surface area contributed by atoms with Gasteiger partial charge in [0, 0.05) is 30.8 Å². The quantitative estimate of drug-likeness (QED) is 0.803. The molecule has 1 amide bonds. The van der Waals surface area contributed by atoms with E-state index in [0.717, 1.165) is 18.1 Å². The van der Waals surface area contributed by atoms with Gasteiger partial charge >= 0.3 is 0 Å². The molecule has 0 heterocycles. The highest BCUT2D eigenvalue weighted by molar-refractivity contribution is 7.99. The van der Waals surface area contributed by atoms with Crippen molar-refractivity contribution in [1.82, 2.24) is 4.90 Å². The number of thioether (sulfide) groups is 1. The van der Waals surface area contributed by atoms with Gasteiger partial charge < -0.3 is 10.6 Å². The van der Waals surface area contributed by atoms with Gasteiger partial charge in [0.2, 0.25) is 5.91 Å². The molecular formula is C12H24N2OS. The first-order valence-corrected chi connectivity index (χ1v) is 7.22. The molecule has 1 fully saturated rings. The van der Waals surface area contributed by atoms with Gasteiger partial charge in [-0.2, -0.15) is 11.8 Å². The van der Waals surface area contributed by atoms with Crippen LogP contribution in [-0.2, 0) is 4.79 Å². The average molecular weight is 244 g/mol. The van der Waals surface area contributed by atoms with Crippen LogP contribution in [-0.4, -0.2) is 40.9 Å². The third-order valence-electron chi connectivity index (χ3n) is 3.20. The van der Waals surface area contributed by atoms with E-state index in [0.29, 0.717) is 12.5 Å². The Morgan fingerprint density at radius 2 is 2.25 bits per heavy atom. The van der Waals surface area contributed by atoms with Crippen molar-refractivity contribution in [1.29, 1.82) is 0 Å². The van der Waals surface area contributed by atoms with Crippen LogP contribution >= 0.6 is 11.8 Å². The second kappa shape index (κ2) is 6.50. The molecule has 0 saturated heterocycles. The van der Waals surface area contributed by atoms with E-state index in [1.807, 2.05) is 30.6 Å². The molecule has 3 atom stereocenters. The second-order valence-electron chi connectivity index (χ2n) is 4.73. The van der Waals surface area contributed by atoms with Crippen LogP contribution in [0.3, 0.4) is 0 Å². The van der Waals surface area contributed by atoms with Crippen molar-refractivity contribution in [2.75, 3.05) is 12.8 Å². The van der Waals surface area contributed by atoms with Gasteiger partial charge in [-0.05, 0) is 31.9 Å². The summed E-state index contributed by atoms with van der Waals surface area (Å²) in [7, 11) is 1.92. The Balaban J connectivity index is 2.38. The fourth-order valence-electron chi connectivity index (χ4n) is 2.28. The maximum Gasteiger partial charge on any atom is 0.224 e. The lowest BCUT2D eigenvalue weighted by molar-refractivity contribution is -0.132. The van der Waals surface area contributed by atoms with E-state index in [1.54, 1.807) is 0 Å². The summed E-state index contributed by atoms with van der Waals surface area (Å²) in [5.74, 6) is 1.37. The zero-order valence-corrected chi connectivity index (χ0v) is 11.4. The molecule has 0 bridgehead atoms. The van der Waals surface area contributed by atoms with Crippen LogP contribution in [0.5, 0.6) is 0 Å². The van der Waals surface area contributed by atoms with Crippen molar-refractivity contribution in [3.8, 4) is 0 Å². The number of nitrogens with two attached hydrogens (primary N) is 1. The maximum absolute atomic E-state index is 11.8. The molecule has 1 rings (SSSR count). The Kier molecular flexibility index (Phi) is 5.62. The van der Waals surface area contributed by atoms with Gasteiger partial charge in [-0.3, -0.25) is 4.79 Å². The lowest BCUT2D eigenvalue weighted by Gasteiger charge is -2.25. The van der Waals surface area contributed by atoms with Crippen LogP contribution in [0.2, 0.25) is 0 Å². The summed E-state index contributed by atoms with van der Waals surface area (Å²) in [6.45, 7) is 4.08. The normalized spacial score (nSPS) is 26.8. The molecule has 3 nitrogen and oxygen atoms in total. The molecule has 1 aliphatic rings. The van der Waals surface area contributed by atoms with Crippen LogP contribution in [0.25, 0.3) is 0 Å². The lowest BCUT2D eigenvalue weighted by Crippen LogP contribution is -2.38. The number of amides is 1. The molecule has 4 heteroatoms. The largest absolute Gasteiger partial charge is 0.343 e. The van der Waals surface area contributed by atoms with Crippen LogP contribution in [0.4, 0.5) is 0 Å². The Morgan fingerprint density at radius 1 is 1.56 bits per heavy atom. The van der Waals surface area contributed by atoms with Gasteiger partial charge in [0.25, 0.3) is 0 Å². The zero-order chi connectivity index (χ0) is 12.1. The zero-order valence-electron chi connectivity index (χ0n) is 10.6. The smallest absolute Gasteiger partial charge is 0.224 e. The highest BCUT2D eigenvalue weighted by atomic mass is 32.2. The predicted molar refractivity (Wildman–Crippen MR) is 70.6 cm³/mol. The molecule has 2 N–H and O–H groups in total. The second-order valence-corrected chi connectivity index (χ2v) is 6.31. The summed E-state index contributed by atoms with van der Waals surface area (Å²) in [6.07, 6.45) is 4.02. The Bertz CT molecular complexity index is 233. The number of carbonyl (C=O) groups is 1. The van der Waals surface area contributed by atoms with Gasteiger partial charge in [0.05, 0.1) is 0 Å². The maximum atomic E-state index is 11.8. The molecule has 94 valence electrons. The number of nitrogens with zero attached hydrogens (tertiary/aromatic N) is 1. The van der Waals surface area contributed by atoms with E-state index in [-0.39, 0.29) is 11.9 Å². The summed E-state index contributed by atoms with van der Waals surface area (Å²) >= 11 is 2.02. The molecule has 0 aromatic rings. The predicted octanol–water partition coefficient (Wildman–Crippen LogP) is 1.86. The van der Waals surface area contributed by atoms with E-state index in [4.69, 9.17) is 5.73 Å². The van der Waals surface area contributed by atoms with E-state index in [2.05, 4.69) is 6.92 Å². The van der Waals surface area contributed by atoms with Crippen molar-refractivity contribution in [3.63, 3.8) is 0 Å². The van der Waals surface area contributed by atoms with Gasteiger partial charge in [0.1, 0.15) is 0 Å². The van der Waals surface area contributed by atoms with Crippen LogP contribution in [0.15, 0.2) is 0 Å². The van der Waals surface area contributed by atoms with Crippen molar-refractivity contribution < 1.29 is 4.79 Å². The van der Waals surface area contributed by atoms with E-state index < -0.39 is 0 Å². The average Bonchev–Trinajstić information content (AvgIpc) is 2.64. The molecule has 0 aromatic carbocycles. The van der Waals surface area contributed by atoms with Crippen molar-refractivity contribution >= 4 is 17.7 Å². The third-order valence-corrected chi connectivity index (χ3v) is 4.43. The Labute approximate surface area is 103 Å². The van der Waals surface area contributed by atoms with E-state index in [1.165, 1.54) is 12.2 Å². The van der Waals surface area contributed by atoms with Crippen molar-refractivity contribution in [3.05, 3.63) is 0 Å². The summed E-state index contributed by atoms with van der Waals surface area (Å²) in [4.78, 5) is 13.8. The molecule has 0 aliphatic heterocycles. The lowest BCUT2D eigenvalue weighted by atomic mass is 10.2. The molecule has 0 spiro atoms. The topological polar surface area (TPSA) is 46.3 Å². The minimum atomic E-state index is -0.0304. The highest BCUT2D eigenvalue weighted by Gasteiger charge is 2.29.